The third kappa shape index (κ3) is 1.71. The van der Waals surface area contributed by atoms with Gasteiger partial charge in [-0.15, -0.1) is 0 Å². The molecule has 3 rings (SSSR count). The molecule has 2 aliphatic heterocycles. The van der Waals surface area contributed by atoms with Gasteiger partial charge in [-0.2, -0.15) is 0 Å². The van der Waals surface area contributed by atoms with Crippen molar-refractivity contribution in [2.45, 2.75) is 25.3 Å². The van der Waals surface area contributed by atoms with Crippen LogP contribution in [0.5, 0.6) is 5.75 Å². The molecule has 1 atom stereocenters. The SMILES string of the molecule is O=[N+]([O-])c1ccc2c(c1)OC[C@@H]1CCCCN21. The second-order valence-electron chi connectivity index (χ2n) is 4.56. The van der Waals surface area contributed by atoms with E-state index < -0.39 is 0 Å². The first-order valence-corrected chi connectivity index (χ1v) is 5.93. The lowest BCUT2D eigenvalue weighted by Gasteiger charge is -2.41. The highest BCUT2D eigenvalue weighted by Crippen LogP contribution is 2.39. The molecular formula is C12H14N2O3. The minimum atomic E-state index is -0.383. The summed E-state index contributed by atoms with van der Waals surface area (Å²) < 4.78 is 5.64. The Labute approximate surface area is 99.1 Å². The van der Waals surface area contributed by atoms with Gasteiger partial charge in [-0.3, -0.25) is 10.1 Å². The van der Waals surface area contributed by atoms with Gasteiger partial charge in [0.15, 0.2) is 0 Å². The van der Waals surface area contributed by atoms with Crippen LogP contribution < -0.4 is 9.64 Å². The van der Waals surface area contributed by atoms with E-state index >= 15 is 0 Å². The molecule has 1 fully saturated rings. The van der Waals surface area contributed by atoms with Crippen molar-refractivity contribution in [3.8, 4) is 5.75 Å². The van der Waals surface area contributed by atoms with Crippen LogP contribution in [0.1, 0.15) is 19.3 Å². The summed E-state index contributed by atoms with van der Waals surface area (Å²) in [7, 11) is 0. The smallest absolute Gasteiger partial charge is 0.273 e. The zero-order chi connectivity index (χ0) is 11.8. The fourth-order valence-electron chi connectivity index (χ4n) is 2.65. The van der Waals surface area contributed by atoms with Crippen LogP contribution in [0.25, 0.3) is 0 Å². The summed E-state index contributed by atoms with van der Waals surface area (Å²) in [5.74, 6) is 0.650. The molecule has 1 aromatic rings. The van der Waals surface area contributed by atoms with Crippen LogP contribution in [0.2, 0.25) is 0 Å². The number of non-ortho nitro benzene ring substituents is 1. The van der Waals surface area contributed by atoms with Crippen LogP contribution in [0.15, 0.2) is 18.2 Å². The van der Waals surface area contributed by atoms with Gasteiger partial charge in [-0.25, -0.2) is 0 Å². The number of anilines is 1. The normalized spacial score (nSPS) is 22.4. The van der Waals surface area contributed by atoms with E-state index in [0.29, 0.717) is 18.4 Å². The summed E-state index contributed by atoms with van der Waals surface area (Å²) in [6, 6.07) is 5.34. The van der Waals surface area contributed by atoms with Crippen molar-refractivity contribution in [3.05, 3.63) is 28.3 Å². The maximum atomic E-state index is 10.7. The molecule has 0 bridgehead atoms. The topological polar surface area (TPSA) is 55.6 Å². The van der Waals surface area contributed by atoms with Crippen molar-refractivity contribution < 1.29 is 9.66 Å². The first kappa shape index (κ1) is 10.4. The van der Waals surface area contributed by atoms with Crippen LogP contribution in [0.4, 0.5) is 11.4 Å². The number of fused-ring (bicyclic) bond motifs is 3. The Balaban J connectivity index is 1.97. The predicted octanol–water partition coefficient (Wildman–Crippen LogP) is 2.35. The van der Waals surface area contributed by atoms with Crippen molar-refractivity contribution in [2.75, 3.05) is 18.1 Å². The average Bonchev–Trinajstić information content (AvgIpc) is 2.38. The highest BCUT2D eigenvalue weighted by Gasteiger charge is 2.30. The van der Waals surface area contributed by atoms with Crippen molar-refractivity contribution in [1.82, 2.24) is 0 Å². The largest absolute Gasteiger partial charge is 0.489 e. The maximum absolute atomic E-state index is 10.7. The third-order valence-corrected chi connectivity index (χ3v) is 3.52. The average molecular weight is 234 g/mol. The van der Waals surface area contributed by atoms with Crippen molar-refractivity contribution >= 4 is 11.4 Å². The number of hydrogen-bond donors (Lipinski definition) is 0. The Hall–Kier alpha value is -1.78. The third-order valence-electron chi connectivity index (χ3n) is 3.52. The molecule has 0 N–H and O–H groups in total. The Bertz CT molecular complexity index is 461. The molecule has 0 aromatic heterocycles. The Morgan fingerprint density at radius 1 is 1.41 bits per heavy atom. The van der Waals surface area contributed by atoms with Gasteiger partial charge in [0, 0.05) is 12.6 Å². The molecule has 1 saturated heterocycles. The zero-order valence-electron chi connectivity index (χ0n) is 9.46. The van der Waals surface area contributed by atoms with E-state index in [1.165, 1.54) is 18.9 Å². The lowest BCUT2D eigenvalue weighted by molar-refractivity contribution is -0.384. The van der Waals surface area contributed by atoms with E-state index in [4.69, 9.17) is 4.74 Å². The van der Waals surface area contributed by atoms with Crippen molar-refractivity contribution in [2.24, 2.45) is 0 Å². The van der Waals surface area contributed by atoms with Crippen LogP contribution in [0.3, 0.4) is 0 Å². The fraction of sp³-hybridized carbons (Fsp3) is 0.500. The second-order valence-corrected chi connectivity index (χ2v) is 4.56. The summed E-state index contributed by atoms with van der Waals surface area (Å²) in [5.41, 5.74) is 1.10. The lowest BCUT2D eigenvalue weighted by Crippen LogP contribution is -2.46. The van der Waals surface area contributed by atoms with Gasteiger partial charge >= 0.3 is 0 Å². The summed E-state index contributed by atoms with van der Waals surface area (Å²) in [4.78, 5) is 12.6. The second kappa shape index (κ2) is 3.91. The standard InChI is InChI=1S/C12H14N2O3/c15-14(16)9-4-5-11-12(7-9)17-8-10-3-1-2-6-13(10)11/h4-5,7,10H,1-3,6,8H2/t10-/m0/s1. The van der Waals surface area contributed by atoms with Gasteiger partial charge in [-0.05, 0) is 25.3 Å². The van der Waals surface area contributed by atoms with Gasteiger partial charge in [0.05, 0.1) is 22.7 Å². The van der Waals surface area contributed by atoms with E-state index in [-0.39, 0.29) is 10.6 Å². The van der Waals surface area contributed by atoms with E-state index in [1.54, 1.807) is 6.07 Å². The molecule has 2 heterocycles. The molecule has 17 heavy (non-hydrogen) atoms. The molecular weight excluding hydrogens is 220 g/mol. The number of rotatable bonds is 1. The van der Waals surface area contributed by atoms with E-state index in [0.717, 1.165) is 18.7 Å². The quantitative estimate of drug-likeness (QED) is 0.553. The van der Waals surface area contributed by atoms with E-state index in [2.05, 4.69) is 4.90 Å². The van der Waals surface area contributed by atoms with Crippen molar-refractivity contribution in [1.29, 1.82) is 0 Å². The first-order valence-electron chi connectivity index (χ1n) is 5.93. The molecule has 0 unspecified atom stereocenters. The molecule has 0 aliphatic carbocycles. The molecule has 90 valence electrons. The van der Waals surface area contributed by atoms with Gasteiger partial charge in [0.25, 0.3) is 5.69 Å². The molecule has 0 spiro atoms. The van der Waals surface area contributed by atoms with E-state index in [9.17, 15) is 10.1 Å². The first-order chi connectivity index (χ1) is 8.25. The summed E-state index contributed by atoms with van der Waals surface area (Å²) in [5, 5.41) is 10.7. The number of hydrogen-bond acceptors (Lipinski definition) is 4. The minimum Gasteiger partial charge on any atom is -0.489 e. The highest BCUT2D eigenvalue weighted by atomic mass is 16.6. The fourth-order valence-corrected chi connectivity index (χ4v) is 2.65. The highest BCUT2D eigenvalue weighted by molar-refractivity contribution is 5.64. The van der Waals surface area contributed by atoms with Crippen LogP contribution in [0, 0.1) is 10.1 Å². The molecule has 0 radical (unpaired) electrons. The number of nitro groups is 1. The summed E-state index contributed by atoms with van der Waals surface area (Å²) >= 11 is 0. The van der Waals surface area contributed by atoms with Crippen LogP contribution in [-0.4, -0.2) is 24.1 Å². The van der Waals surface area contributed by atoms with Crippen molar-refractivity contribution in [3.63, 3.8) is 0 Å². The number of piperidine rings is 1. The number of nitro benzene ring substituents is 1. The number of ether oxygens (including phenoxy) is 1. The molecule has 1 aromatic carbocycles. The van der Waals surface area contributed by atoms with Crippen LogP contribution >= 0.6 is 0 Å². The molecule has 5 heteroatoms. The summed E-state index contributed by atoms with van der Waals surface area (Å²) in [6.45, 7) is 1.67. The number of nitrogens with zero attached hydrogens (tertiary/aromatic N) is 2. The molecule has 0 saturated carbocycles. The molecule has 2 aliphatic rings. The van der Waals surface area contributed by atoms with Crippen LogP contribution in [-0.2, 0) is 0 Å². The lowest BCUT2D eigenvalue weighted by atomic mass is 10.00. The summed E-state index contributed by atoms with van der Waals surface area (Å²) in [6.07, 6.45) is 3.58. The Kier molecular flexibility index (Phi) is 2.39. The minimum absolute atomic E-state index is 0.0965. The van der Waals surface area contributed by atoms with E-state index in [1.807, 2.05) is 6.07 Å². The van der Waals surface area contributed by atoms with Gasteiger partial charge in [-0.1, -0.05) is 0 Å². The predicted molar refractivity (Wildman–Crippen MR) is 63.6 cm³/mol. The molecule has 5 nitrogen and oxygen atoms in total. The van der Waals surface area contributed by atoms with Gasteiger partial charge < -0.3 is 9.64 Å². The Morgan fingerprint density at radius 2 is 2.29 bits per heavy atom. The monoisotopic (exact) mass is 234 g/mol. The zero-order valence-corrected chi connectivity index (χ0v) is 9.46. The number of benzene rings is 1. The molecule has 0 amide bonds. The van der Waals surface area contributed by atoms with Gasteiger partial charge in [0.1, 0.15) is 12.4 Å². The Morgan fingerprint density at radius 3 is 3.12 bits per heavy atom. The maximum Gasteiger partial charge on any atom is 0.273 e. The van der Waals surface area contributed by atoms with Gasteiger partial charge in [0.2, 0.25) is 0 Å².